The maximum Gasteiger partial charge on any atom is 0.162 e. The van der Waals surface area contributed by atoms with Crippen molar-refractivity contribution in [1.82, 2.24) is 0 Å². The fraction of sp³-hybridized carbons (Fsp3) is 0.250. The van der Waals surface area contributed by atoms with Gasteiger partial charge in [0.15, 0.2) is 5.78 Å². The van der Waals surface area contributed by atoms with E-state index >= 15 is 0 Å². The number of anilines is 1. The summed E-state index contributed by atoms with van der Waals surface area (Å²) >= 11 is 1.49. The van der Waals surface area contributed by atoms with E-state index in [1.54, 1.807) is 0 Å². The lowest BCUT2D eigenvalue weighted by Gasteiger charge is -2.39. The van der Waals surface area contributed by atoms with Crippen LogP contribution in [0, 0.1) is 16.7 Å². The van der Waals surface area contributed by atoms with Gasteiger partial charge in [-0.2, -0.15) is 5.26 Å². The smallest absolute Gasteiger partial charge is 0.162 e. The predicted octanol–water partition coefficient (Wildman–Crippen LogP) is 5.97. The van der Waals surface area contributed by atoms with Gasteiger partial charge >= 0.3 is 0 Å². The van der Waals surface area contributed by atoms with Gasteiger partial charge in [0.05, 0.1) is 5.92 Å². The van der Waals surface area contributed by atoms with Crippen molar-refractivity contribution in [2.75, 3.05) is 5.32 Å². The molecule has 1 aliphatic heterocycles. The quantitative estimate of drug-likeness (QED) is 0.562. The molecule has 2 aliphatic rings. The molecule has 28 heavy (non-hydrogen) atoms. The molecule has 3 nitrogen and oxygen atoms in total. The minimum absolute atomic E-state index is 0.0465. The minimum Gasteiger partial charge on any atom is -0.358 e. The number of fused-ring (bicyclic) bond motifs is 3. The zero-order valence-corrected chi connectivity index (χ0v) is 16.7. The Balaban J connectivity index is 1.81. The van der Waals surface area contributed by atoms with Gasteiger partial charge in [0.1, 0.15) is 10.9 Å². The number of thiophene rings is 1. The largest absolute Gasteiger partial charge is 0.358 e. The molecule has 1 N–H and O–H groups in total. The van der Waals surface area contributed by atoms with Crippen molar-refractivity contribution in [3.8, 4) is 6.07 Å². The molecule has 0 saturated heterocycles. The normalized spacial score (nSPS) is 20.3. The zero-order valence-electron chi connectivity index (χ0n) is 15.9. The van der Waals surface area contributed by atoms with Gasteiger partial charge in [-0.25, -0.2) is 0 Å². The van der Waals surface area contributed by atoms with Crippen LogP contribution < -0.4 is 5.32 Å². The van der Waals surface area contributed by atoms with Crippen LogP contribution in [-0.4, -0.2) is 5.78 Å². The Bertz CT molecular complexity index is 1210. The molecule has 138 valence electrons. The van der Waals surface area contributed by atoms with E-state index in [1.807, 2.05) is 24.3 Å². The summed E-state index contributed by atoms with van der Waals surface area (Å²) in [6, 6.07) is 18.7. The number of carbonyl (C=O) groups excluding carboxylic acids is 1. The molecule has 3 aromatic rings. The number of rotatable bonds is 1. The Morgan fingerprint density at radius 1 is 1.11 bits per heavy atom. The molecule has 1 unspecified atom stereocenters. The van der Waals surface area contributed by atoms with Crippen LogP contribution in [0.5, 0.6) is 0 Å². The number of nitrogens with one attached hydrogen (secondary N) is 1. The summed E-state index contributed by atoms with van der Waals surface area (Å²) in [5.41, 5.74) is 4.10. The average molecular weight is 385 g/mol. The molecule has 2 aromatic carbocycles. The van der Waals surface area contributed by atoms with Crippen molar-refractivity contribution >= 4 is 33.6 Å². The van der Waals surface area contributed by atoms with Gasteiger partial charge in [-0.3, -0.25) is 4.79 Å². The number of carbonyl (C=O) groups is 1. The third kappa shape index (κ3) is 2.58. The molecule has 0 spiro atoms. The van der Waals surface area contributed by atoms with Crippen molar-refractivity contribution in [2.45, 2.75) is 32.6 Å². The van der Waals surface area contributed by atoms with Gasteiger partial charge in [0.2, 0.25) is 0 Å². The standard InChI is InChI=1S/C24H20N2OS/c1-24(2)11-18-22(19(27)12-24)23(20-10-8-15(13-25)28-20)21-16-6-4-3-5-14(16)7-9-17(21)26-18/h3-10,23,26H,11-12H2,1-2H3. The van der Waals surface area contributed by atoms with Crippen molar-refractivity contribution in [2.24, 2.45) is 5.41 Å². The van der Waals surface area contributed by atoms with Crippen molar-refractivity contribution in [3.63, 3.8) is 0 Å². The molecule has 1 atom stereocenters. The second kappa shape index (κ2) is 6.05. The summed E-state index contributed by atoms with van der Waals surface area (Å²) in [5, 5.41) is 15.3. The molecule has 1 aliphatic carbocycles. The van der Waals surface area contributed by atoms with E-state index < -0.39 is 0 Å². The van der Waals surface area contributed by atoms with Gasteiger partial charge < -0.3 is 5.32 Å². The number of nitriles is 1. The van der Waals surface area contributed by atoms with Crippen LogP contribution in [0.3, 0.4) is 0 Å². The van der Waals surface area contributed by atoms with E-state index in [0.717, 1.165) is 44.6 Å². The first-order valence-corrected chi connectivity index (χ1v) is 10.3. The molecular weight excluding hydrogens is 364 g/mol. The highest BCUT2D eigenvalue weighted by Crippen LogP contribution is 2.51. The third-order valence-corrected chi connectivity index (χ3v) is 6.83. The molecule has 5 rings (SSSR count). The number of Topliss-reactive ketones (excluding diaryl/α,β-unsaturated/α-hetero) is 1. The lowest BCUT2D eigenvalue weighted by atomic mass is 9.69. The SMILES string of the molecule is CC1(C)CC(=O)C2=C(C1)Nc1ccc3ccccc3c1C2c1ccc(C#N)s1. The van der Waals surface area contributed by atoms with Crippen molar-refractivity contribution in [3.05, 3.63) is 75.1 Å². The van der Waals surface area contributed by atoms with Crippen LogP contribution in [-0.2, 0) is 4.79 Å². The van der Waals surface area contributed by atoms with Gasteiger partial charge in [0, 0.05) is 28.3 Å². The van der Waals surface area contributed by atoms with Gasteiger partial charge in [0.25, 0.3) is 0 Å². The highest BCUT2D eigenvalue weighted by molar-refractivity contribution is 7.12. The molecule has 4 heteroatoms. The minimum atomic E-state index is -0.118. The number of hydrogen-bond acceptors (Lipinski definition) is 4. The van der Waals surface area contributed by atoms with E-state index in [-0.39, 0.29) is 17.1 Å². The summed E-state index contributed by atoms with van der Waals surface area (Å²) in [4.78, 5) is 15.0. The van der Waals surface area contributed by atoms with E-state index in [9.17, 15) is 10.1 Å². The first kappa shape index (κ1) is 17.2. The highest BCUT2D eigenvalue weighted by Gasteiger charge is 2.41. The Hall–Kier alpha value is -2.90. The van der Waals surface area contributed by atoms with Crippen LogP contribution in [0.25, 0.3) is 10.8 Å². The molecule has 1 aromatic heterocycles. The van der Waals surface area contributed by atoms with E-state index in [1.165, 1.54) is 11.3 Å². The van der Waals surface area contributed by atoms with Gasteiger partial charge in [-0.15, -0.1) is 11.3 Å². The number of nitrogens with zero attached hydrogens (tertiary/aromatic N) is 1. The highest BCUT2D eigenvalue weighted by atomic mass is 32.1. The van der Waals surface area contributed by atoms with Crippen LogP contribution in [0.4, 0.5) is 5.69 Å². The predicted molar refractivity (Wildman–Crippen MR) is 113 cm³/mol. The third-order valence-electron chi connectivity index (χ3n) is 5.78. The summed E-state index contributed by atoms with van der Waals surface area (Å²) in [5.74, 6) is 0.0993. The molecule has 0 amide bonds. The monoisotopic (exact) mass is 384 g/mol. The maximum atomic E-state index is 13.3. The number of allylic oxidation sites excluding steroid dienone is 2. The zero-order chi connectivity index (χ0) is 19.5. The molecule has 0 saturated carbocycles. The topological polar surface area (TPSA) is 52.9 Å². The fourth-order valence-corrected chi connectivity index (χ4v) is 5.58. The molecule has 0 fully saturated rings. The van der Waals surface area contributed by atoms with Crippen molar-refractivity contribution in [1.29, 1.82) is 5.26 Å². The first-order chi connectivity index (χ1) is 13.5. The summed E-state index contributed by atoms with van der Waals surface area (Å²) in [6.07, 6.45) is 1.41. The second-order valence-corrected chi connectivity index (χ2v) is 9.57. The summed E-state index contributed by atoms with van der Waals surface area (Å²) in [6.45, 7) is 4.31. The Morgan fingerprint density at radius 3 is 2.71 bits per heavy atom. The first-order valence-electron chi connectivity index (χ1n) is 9.51. The van der Waals surface area contributed by atoms with Crippen LogP contribution in [0.15, 0.2) is 59.8 Å². The number of benzene rings is 2. The summed E-state index contributed by atoms with van der Waals surface area (Å²) < 4.78 is 0. The Labute approximate surface area is 168 Å². The van der Waals surface area contributed by atoms with Crippen molar-refractivity contribution < 1.29 is 4.79 Å². The molecule has 0 bridgehead atoms. The van der Waals surface area contributed by atoms with E-state index in [0.29, 0.717) is 11.3 Å². The average Bonchev–Trinajstić information content (AvgIpc) is 3.14. The Morgan fingerprint density at radius 2 is 1.93 bits per heavy atom. The lowest BCUT2D eigenvalue weighted by molar-refractivity contribution is -0.118. The van der Waals surface area contributed by atoms with Crippen LogP contribution in [0.1, 0.15) is 47.9 Å². The second-order valence-electron chi connectivity index (χ2n) is 8.45. The van der Waals surface area contributed by atoms with E-state index in [2.05, 4.69) is 49.5 Å². The van der Waals surface area contributed by atoms with Gasteiger partial charge in [-0.05, 0) is 46.4 Å². The van der Waals surface area contributed by atoms with E-state index in [4.69, 9.17) is 0 Å². The maximum absolute atomic E-state index is 13.3. The number of ketones is 1. The Kier molecular flexibility index (Phi) is 3.72. The molecule has 2 heterocycles. The van der Waals surface area contributed by atoms with Crippen LogP contribution >= 0.6 is 11.3 Å². The fourth-order valence-electron chi connectivity index (χ4n) is 4.66. The van der Waals surface area contributed by atoms with Gasteiger partial charge in [-0.1, -0.05) is 44.2 Å². The lowest BCUT2D eigenvalue weighted by Crippen LogP contribution is -2.33. The number of hydrogen-bond donors (Lipinski definition) is 1. The van der Waals surface area contributed by atoms with Crippen LogP contribution in [0.2, 0.25) is 0 Å². The molecular formula is C24H20N2OS. The molecule has 0 radical (unpaired) electrons. The summed E-state index contributed by atoms with van der Waals surface area (Å²) in [7, 11) is 0.